The Morgan fingerprint density at radius 2 is 1.86 bits per heavy atom. The number of hydrogen-bond donors (Lipinski definition) is 6. The van der Waals surface area contributed by atoms with Gasteiger partial charge >= 0.3 is 0 Å². The van der Waals surface area contributed by atoms with Crippen molar-refractivity contribution < 1.29 is 35.0 Å². The van der Waals surface area contributed by atoms with E-state index in [1.54, 1.807) is 12.1 Å². The molecule has 5 atom stereocenters. The summed E-state index contributed by atoms with van der Waals surface area (Å²) in [6, 6.07) is 4.65. The molecule has 1 aliphatic heterocycles. The predicted octanol–water partition coefficient (Wildman–Crippen LogP) is -1.93. The van der Waals surface area contributed by atoms with Gasteiger partial charge in [0.1, 0.15) is 24.4 Å². The van der Waals surface area contributed by atoms with Crippen LogP contribution in [0.5, 0.6) is 11.5 Å². The molecular weight excluding hydrogens is 294 g/mol. The second-order valence-electron chi connectivity index (χ2n) is 5.16. The van der Waals surface area contributed by atoms with E-state index in [-0.39, 0.29) is 11.5 Å². The molecule has 8 heteroatoms. The molecule has 0 bridgehead atoms. The SMILES string of the molecule is NCCc1ccc(O)c(O[C@H]2O[C@H](CO)[C@H](O)[C@H](O)[C@H]2O)c1. The van der Waals surface area contributed by atoms with Crippen molar-refractivity contribution in [2.24, 2.45) is 5.73 Å². The Morgan fingerprint density at radius 3 is 2.50 bits per heavy atom. The number of rotatable bonds is 5. The molecule has 1 heterocycles. The zero-order valence-corrected chi connectivity index (χ0v) is 11.9. The summed E-state index contributed by atoms with van der Waals surface area (Å²) in [5.74, 6) is -0.118. The van der Waals surface area contributed by atoms with E-state index in [1.165, 1.54) is 6.07 Å². The van der Waals surface area contributed by atoms with Crippen LogP contribution in [0.15, 0.2) is 18.2 Å². The minimum Gasteiger partial charge on any atom is -0.504 e. The van der Waals surface area contributed by atoms with Crippen LogP contribution in [-0.4, -0.2) is 69.4 Å². The standard InChI is InChI=1S/C14H21NO7/c15-4-3-7-1-2-8(17)9(5-7)21-14-13(20)12(19)11(18)10(6-16)22-14/h1-2,5,10-14,16-20H,3-4,6,15H2/t10-,11+,12+,13-,14+/m1/s1. The molecule has 0 aliphatic carbocycles. The summed E-state index contributed by atoms with van der Waals surface area (Å²) in [7, 11) is 0. The van der Waals surface area contributed by atoms with Crippen LogP contribution in [0.4, 0.5) is 0 Å². The van der Waals surface area contributed by atoms with Crippen molar-refractivity contribution in [2.75, 3.05) is 13.2 Å². The predicted molar refractivity (Wildman–Crippen MR) is 75.3 cm³/mol. The Kier molecular flexibility index (Phi) is 5.57. The fraction of sp³-hybridized carbons (Fsp3) is 0.571. The van der Waals surface area contributed by atoms with E-state index in [9.17, 15) is 20.4 Å². The molecule has 0 amide bonds. The fourth-order valence-corrected chi connectivity index (χ4v) is 2.26. The van der Waals surface area contributed by atoms with Crippen molar-refractivity contribution in [3.8, 4) is 11.5 Å². The first-order valence-corrected chi connectivity index (χ1v) is 6.97. The average molecular weight is 315 g/mol. The van der Waals surface area contributed by atoms with Crippen molar-refractivity contribution in [1.29, 1.82) is 0 Å². The maximum Gasteiger partial charge on any atom is 0.229 e. The maximum atomic E-state index is 9.90. The highest BCUT2D eigenvalue weighted by Gasteiger charge is 2.44. The number of nitrogens with two attached hydrogens (primary N) is 1. The Hall–Kier alpha value is -1.42. The number of aromatic hydroxyl groups is 1. The summed E-state index contributed by atoms with van der Waals surface area (Å²) in [5, 5.41) is 48.2. The zero-order valence-electron chi connectivity index (χ0n) is 11.9. The van der Waals surface area contributed by atoms with Crippen LogP contribution in [-0.2, 0) is 11.2 Å². The summed E-state index contributed by atoms with van der Waals surface area (Å²) in [6.45, 7) is -0.131. The third-order valence-corrected chi connectivity index (χ3v) is 3.55. The highest BCUT2D eigenvalue weighted by molar-refractivity contribution is 5.42. The van der Waals surface area contributed by atoms with Gasteiger partial charge in [0.15, 0.2) is 11.5 Å². The second kappa shape index (κ2) is 7.23. The fourth-order valence-electron chi connectivity index (χ4n) is 2.26. The van der Waals surface area contributed by atoms with E-state index in [4.69, 9.17) is 20.3 Å². The molecule has 1 fully saturated rings. The quantitative estimate of drug-likeness (QED) is 0.368. The zero-order chi connectivity index (χ0) is 16.3. The number of benzene rings is 1. The number of aliphatic hydroxyl groups excluding tert-OH is 4. The van der Waals surface area contributed by atoms with Gasteiger partial charge in [0.25, 0.3) is 0 Å². The summed E-state index contributed by atoms with van der Waals surface area (Å²) in [4.78, 5) is 0. The van der Waals surface area contributed by atoms with E-state index < -0.39 is 37.3 Å². The summed E-state index contributed by atoms with van der Waals surface area (Å²) in [6.07, 6.45) is -6.37. The summed E-state index contributed by atoms with van der Waals surface area (Å²) < 4.78 is 10.6. The first kappa shape index (κ1) is 16.9. The van der Waals surface area contributed by atoms with Crippen molar-refractivity contribution in [1.82, 2.24) is 0 Å². The Morgan fingerprint density at radius 1 is 1.14 bits per heavy atom. The van der Waals surface area contributed by atoms with Gasteiger partial charge in [-0.1, -0.05) is 6.07 Å². The molecule has 124 valence electrons. The van der Waals surface area contributed by atoms with Gasteiger partial charge in [-0.2, -0.15) is 0 Å². The Bertz CT molecular complexity index is 496. The molecule has 0 aromatic heterocycles. The smallest absolute Gasteiger partial charge is 0.229 e. The Labute approximate surface area is 127 Å². The number of phenols is 1. The summed E-state index contributed by atoms with van der Waals surface area (Å²) in [5.41, 5.74) is 6.29. The lowest BCUT2D eigenvalue weighted by Gasteiger charge is -2.39. The molecule has 0 radical (unpaired) electrons. The lowest BCUT2D eigenvalue weighted by molar-refractivity contribution is -0.277. The van der Waals surface area contributed by atoms with Crippen LogP contribution < -0.4 is 10.5 Å². The van der Waals surface area contributed by atoms with Gasteiger partial charge in [0.05, 0.1) is 6.61 Å². The molecule has 1 aromatic rings. The van der Waals surface area contributed by atoms with Gasteiger partial charge < -0.3 is 40.7 Å². The second-order valence-corrected chi connectivity index (χ2v) is 5.16. The van der Waals surface area contributed by atoms with Gasteiger partial charge in [-0.15, -0.1) is 0 Å². The normalized spacial score (nSPS) is 32.0. The van der Waals surface area contributed by atoms with Crippen molar-refractivity contribution in [2.45, 2.75) is 37.1 Å². The lowest BCUT2D eigenvalue weighted by Crippen LogP contribution is -2.60. The molecule has 0 unspecified atom stereocenters. The van der Waals surface area contributed by atoms with Crippen molar-refractivity contribution >= 4 is 0 Å². The molecule has 0 spiro atoms. The first-order valence-electron chi connectivity index (χ1n) is 6.97. The number of hydrogen-bond acceptors (Lipinski definition) is 8. The molecule has 7 N–H and O–H groups in total. The maximum absolute atomic E-state index is 9.90. The van der Waals surface area contributed by atoms with Crippen molar-refractivity contribution in [3.05, 3.63) is 23.8 Å². The number of aliphatic hydroxyl groups is 4. The summed E-state index contributed by atoms with van der Waals surface area (Å²) >= 11 is 0. The van der Waals surface area contributed by atoms with Crippen LogP contribution in [0.3, 0.4) is 0 Å². The van der Waals surface area contributed by atoms with E-state index in [0.717, 1.165) is 5.56 Å². The highest BCUT2D eigenvalue weighted by Crippen LogP contribution is 2.31. The van der Waals surface area contributed by atoms with Crippen LogP contribution in [0.2, 0.25) is 0 Å². The first-order chi connectivity index (χ1) is 10.5. The molecule has 2 rings (SSSR count). The van der Waals surface area contributed by atoms with Gasteiger partial charge in [0, 0.05) is 0 Å². The molecule has 22 heavy (non-hydrogen) atoms. The topological polar surface area (TPSA) is 146 Å². The monoisotopic (exact) mass is 315 g/mol. The third-order valence-electron chi connectivity index (χ3n) is 3.55. The molecule has 1 aromatic carbocycles. The molecule has 8 nitrogen and oxygen atoms in total. The largest absolute Gasteiger partial charge is 0.504 e. The molecule has 0 saturated carbocycles. The van der Waals surface area contributed by atoms with E-state index >= 15 is 0 Å². The minimum absolute atomic E-state index is 0.0512. The van der Waals surface area contributed by atoms with Crippen LogP contribution in [0.1, 0.15) is 5.56 Å². The van der Waals surface area contributed by atoms with E-state index in [1.807, 2.05) is 0 Å². The lowest BCUT2D eigenvalue weighted by atomic mass is 9.99. The van der Waals surface area contributed by atoms with Gasteiger partial charge in [-0.05, 0) is 30.7 Å². The van der Waals surface area contributed by atoms with E-state index in [2.05, 4.69) is 0 Å². The van der Waals surface area contributed by atoms with Crippen molar-refractivity contribution in [3.63, 3.8) is 0 Å². The minimum atomic E-state index is -1.54. The molecule has 1 aliphatic rings. The average Bonchev–Trinajstić information content (AvgIpc) is 2.51. The van der Waals surface area contributed by atoms with Gasteiger partial charge in [0.2, 0.25) is 6.29 Å². The van der Waals surface area contributed by atoms with Crippen LogP contribution in [0, 0.1) is 0 Å². The highest BCUT2D eigenvalue weighted by atomic mass is 16.7. The Balaban J connectivity index is 2.16. The third kappa shape index (κ3) is 3.49. The van der Waals surface area contributed by atoms with E-state index in [0.29, 0.717) is 13.0 Å². The van der Waals surface area contributed by atoms with Gasteiger partial charge in [-0.3, -0.25) is 0 Å². The van der Waals surface area contributed by atoms with Crippen LogP contribution >= 0.6 is 0 Å². The van der Waals surface area contributed by atoms with Crippen LogP contribution in [0.25, 0.3) is 0 Å². The molecular formula is C14H21NO7. The van der Waals surface area contributed by atoms with Gasteiger partial charge in [-0.25, -0.2) is 0 Å². The molecule has 1 saturated heterocycles. The number of phenolic OH excluding ortho intramolecular Hbond substituents is 1. The number of ether oxygens (including phenoxy) is 2.